The highest BCUT2D eigenvalue weighted by molar-refractivity contribution is 5.81. The van der Waals surface area contributed by atoms with E-state index in [4.69, 9.17) is 0 Å². The van der Waals surface area contributed by atoms with Gasteiger partial charge in [-0.15, -0.1) is 0 Å². The summed E-state index contributed by atoms with van der Waals surface area (Å²) in [6, 6.07) is 0. The van der Waals surface area contributed by atoms with Crippen LogP contribution in [0.15, 0.2) is 9.59 Å². The zero-order valence-corrected chi connectivity index (χ0v) is 19.2. The smallest absolute Gasteiger partial charge is 0.332 e. The molecule has 0 atom stereocenters. The molecule has 2 heterocycles. The van der Waals surface area contributed by atoms with Crippen LogP contribution in [0.25, 0.3) is 11.2 Å². The minimum atomic E-state index is -0.532. The summed E-state index contributed by atoms with van der Waals surface area (Å²) in [5, 5.41) is 8.75. The number of nitrogens with one attached hydrogen (secondary N) is 3. The van der Waals surface area contributed by atoms with E-state index in [1.165, 1.54) is 23.2 Å². The molecule has 0 saturated carbocycles. The number of carbonyl (C=O) groups is 2. The average molecular weight is 436 g/mol. The lowest BCUT2D eigenvalue weighted by molar-refractivity contribution is -0.123. The number of unbranched alkanes of at least 4 members (excludes halogenated alkanes) is 1. The molecule has 2 aromatic rings. The molecule has 3 N–H and O–H groups in total. The lowest BCUT2D eigenvalue weighted by Crippen LogP contribution is -2.43. The van der Waals surface area contributed by atoms with Gasteiger partial charge in [-0.3, -0.25) is 28.1 Å². The molecule has 0 aromatic carbocycles. The van der Waals surface area contributed by atoms with Gasteiger partial charge in [0.2, 0.25) is 17.8 Å². The van der Waals surface area contributed by atoms with Crippen LogP contribution in [0.2, 0.25) is 0 Å². The highest BCUT2D eigenvalue weighted by Gasteiger charge is 2.22. The van der Waals surface area contributed by atoms with Crippen LogP contribution in [-0.2, 0) is 30.2 Å². The van der Waals surface area contributed by atoms with Crippen LogP contribution < -0.4 is 27.2 Å². The van der Waals surface area contributed by atoms with Gasteiger partial charge >= 0.3 is 5.69 Å². The predicted molar refractivity (Wildman–Crippen MR) is 119 cm³/mol. The van der Waals surface area contributed by atoms with Crippen LogP contribution in [0.4, 0.5) is 5.95 Å². The standard InChI is InChI=1S/C20H33N7O4/c1-7-8-9-13(28)21-10-11-22-18-23-16-15(17(30)26(6)19(31)25(16)5)27(18)12-14(29)24-20(2,3)4/h7-12H2,1-6H3,(H,21,28)(H,22,23)(H,24,29). The normalized spacial score (nSPS) is 11.5. The van der Waals surface area contributed by atoms with Crippen LogP contribution in [0, 0.1) is 0 Å². The Balaban J connectivity index is 2.33. The second kappa shape index (κ2) is 9.80. The number of anilines is 1. The Labute approximate surface area is 180 Å². The van der Waals surface area contributed by atoms with Crippen molar-refractivity contribution in [1.82, 2.24) is 29.3 Å². The maximum atomic E-state index is 12.8. The van der Waals surface area contributed by atoms with Crippen molar-refractivity contribution in [1.29, 1.82) is 0 Å². The highest BCUT2D eigenvalue weighted by atomic mass is 16.2. The molecule has 2 amide bonds. The monoisotopic (exact) mass is 435 g/mol. The van der Waals surface area contributed by atoms with E-state index in [1.54, 1.807) is 0 Å². The molecule has 0 aliphatic rings. The molecule has 0 spiro atoms. The third kappa shape index (κ3) is 5.96. The molecular formula is C20H33N7O4. The SMILES string of the molecule is CCCCC(=O)NCCNc1nc2c(c(=O)n(C)c(=O)n2C)n1CC(=O)NC(C)(C)C. The van der Waals surface area contributed by atoms with Gasteiger partial charge in [0.1, 0.15) is 6.54 Å². The number of rotatable bonds is 9. The van der Waals surface area contributed by atoms with Gasteiger partial charge in [0.25, 0.3) is 5.56 Å². The van der Waals surface area contributed by atoms with E-state index in [9.17, 15) is 19.2 Å². The average Bonchev–Trinajstić information content (AvgIpc) is 3.03. The number of hydrogen-bond donors (Lipinski definition) is 3. The second-order valence-electron chi connectivity index (χ2n) is 8.58. The topological polar surface area (TPSA) is 132 Å². The molecule has 172 valence electrons. The van der Waals surface area contributed by atoms with Crippen LogP contribution in [0.3, 0.4) is 0 Å². The van der Waals surface area contributed by atoms with Gasteiger partial charge in [-0.2, -0.15) is 4.98 Å². The fourth-order valence-electron chi connectivity index (χ4n) is 3.14. The highest BCUT2D eigenvalue weighted by Crippen LogP contribution is 2.15. The predicted octanol–water partition coefficient (Wildman–Crippen LogP) is 0.0667. The van der Waals surface area contributed by atoms with Crippen LogP contribution in [0.1, 0.15) is 47.0 Å². The molecule has 11 nitrogen and oxygen atoms in total. The Morgan fingerprint density at radius 2 is 1.71 bits per heavy atom. The minimum Gasteiger partial charge on any atom is -0.354 e. The molecule has 31 heavy (non-hydrogen) atoms. The van der Waals surface area contributed by atoms with Crippen molar-refractivity contribution in [2.24, 2.45) is 14.1 Å². The second-order valence-corrected chi connectivity index (χ2v) is 8.58. The number of nitrogens with zero attached hydrogens (tertiary/aromatic N) is 4. The van der Waals surface area contributed by atoms with E-state index < -0.39 is 16.8 Å². The summed E-state index contributed by atoms with van der Waals surface area (Å²) >= 11 is 0. The number of aryl methyl sites for hydroxylation is 1. The maximum absolute atomic E-state index is 12.8. The minimum absolute atomic E-state index is 0.0297. The van der Waals surface area contributed by atoms with Crippen molar-refractivity contribution in [2.45, 2.75) is 59.0 Å². The fraction of sp³-hybridized carbons (Fsp3) is 0.650. The molecule has 0 radical (unpaired) electrons. The van der Waals surface area contributed by atoms with E-state index in [1.807, 2.05) is 27.7 Å². The first kappa shape index (κ1) is 24.2. The quantitative estimate of drug-likeness (QED) is 0.478. The Morgan fingerprint density at radius 3 is 2.32 bits per heavy atom. The first-order valence-electron chi connectivity index (χ1n) is 10.4. The van der Waals surface area contributed by atoms with Crippen molar-refractivity contribution in [2.75, 3.05) is 18.4 Å². The molecule has 0 aliphatic heterocycles. The number of aromatic nitrogens is 4. The first-order chi connectivity index (χ1) is 14.5. The summed E-state index contributed by atoms with van der Waals surface area (Å²) in [5.41, 5.74) is -1.14. The first-order valence-corrected chi connectivity index (χ1v) is 10.4. The van der Waals surface area contributed by atoms with Crippen molar-refractivity contribution >= 4 is 28.9 Å². The number of imidazole rings is 1. The third-order valence-corrected chi connectivity index (χ3v) is 4.65. The number of carbonyl (C=O) groups excluding carboxylic acids is 2. The number of amides is 2. The summed E-state index contributed by atoms with van der Waals surface area (Å²) in [7, 11) is 2.91. The van der Waals surface area contributed by atoms with E-state index in [0.29, 0.717) is 19.5 Å². The van der Waals surface area contributed by atoms with E-state index >= 15 is 0 Å². The van der Waals surface area contributed by atoms with E-state index in [0.717, 1.165) is 17.4 Å². The van der Waals surface area contributed by atoms with Gasteiger partial charge in [-0.05, 0) is 27.2 Å². The molecule has 2 aromatic heterocycles. The van der Waals surface area contributed by atoms with E-state index in [2.05, 4.69) is 20.9 Å². The third-order valence-electron chi connectivity index (χ3n) is 4.65. The summed E-state index contributed by atoms with van der Waals surface area (Å²) in [4.78, 5) is 53.8. The molecule has 0 saturated heterocycles. The van der Waals surface area contributed by atoms with Crippen LogP contribution in [0.5, 0.6) is 0 Å². The number of hydrogen-bond acceptors (Lipinski definition) is 6. The van der Waals surface area contributed by atoms with Gasteiger partial charge < -0.3 is 16.0 Å². The zero-order chi connectivity index (χ0) is 23.3. The molecule has 0 fully saturated rings. The molecule has 0 bridgehead atoms. The lowest BCUT2D eigenvalue weighted by Gasteiger charge is -2.21. The van der Waals surface area contributed by atoms with Gasteiger partial charge in [0.15, 0.2) is 11.2 Å². The van der Waals surface area contributed by atoms with Crippen LogP contribution >= 0.6 is 0 Å². The maximum Gasteiger partial charge on any atom is 0.332 e. The number of fused-ring (bicyclic) bond motifs is 1. The summed E-state index contributed by atoms with van der Waals surface area (Å²) in [6.07, 6.45) is 2.25. The fourth-order valence-corrected chi connectivity index (χ4v) is 3.14. The van der Waals surface area contributed by atoms with Gasteiger partial charge in [0.05, 0.1) is 0 Å². The Morgan fingerprint density at radius 1 is 1.03 bits per heavy atom. The Bertz CT molecular complexity index is 1070. The Hall–Kier alpha value is -3.11. The van der Waals surface area contributed by atoms with Crippen molar-refractivity contribution in [3.05, 3.63) is 20.8 Å². The van der Waals surface area contributed by atoms with Gasteiger partial charge in [-0.1, -0.05) is 13.3 Å². The van der Waals surface area contributed by atoms with Gasteiger partial charge in [0, 0.05) is 39.1 Å². The van der Waals surface area contributed by atoms with Gasteiger partial charge in [-0.25, -0.2) is 4.79 Å². The summed E-state index contributed by atoms with van der Waals surface area (Å²) < 4.78 is 3.73. The largest absolute Gasteiger partial charge is 0.354 e. The summed E-state index contributed by atoms with van der Waals surface area (Å²) in [6.45, 7) is 8.16. The molecule has 0 aliphatic carbocycles. The zero-order valence-electron chi connectivity index (χ0n) is 19.2. The van der Waals surface area contributed by atoms with Crippen molar-refractivity contribution in [3.63, 3.8) is 0 Å². The molecule has 0 unspecified atom stereocenters. The molecule has 11 heteroatoms. The van der Waals surface area contributed by atoms with Crippen molar-refractivity contribution in [3.8, 4) is 0 Å². The molecule has 2 rings (SSSR count). The van der Waals surface area contributed by atoms with E-state index in [-0.39, 0.29) is 35.5 Å². The Kier molecular flexibility index (Phi) is 7.64. The van der Waals surface area contributed by atoms with Crippen LogP contribution in [-0.4, -0.2) is 49.1 Å². The lowest BCUT2D eigenvalue weighted by atomic mass is 10.1. The summed E-state index contributed by atoms with van der Waals surface area (Å²) in [5.74, 6) is -0.0447. The van der Waals surface area contributed by atoms with Crippen molar-refractivity contribution < 1.29 is 9.59 Å². The molecular weight excluding hydrogens is 402 g/mol.